The topological polar surface area (TPSA) is 123 Å². The summed E-state index contributed by atoms with van der Waals surface area (Å²) in [6.07, 6.45) is 3.71. The SMILES string of the molecule is CCC(O)(c1cc(F)c(C(O)(c2ccc(Cl)cc2)N(C)Cc2ccc(C#N)cc2CO)c(C=O)c1)c1cn(C)cn1. The molecule has 0 fully saturated rings. The summed E-state index contributed by atoms with van der Waals surface area (Å²) in [5.74, 6) is -0.918. The molecule has 8 nitrogen and oxygen atoms in total. The van der Waals surface area contributed by atoms with E-state index in [1.54, 1.807) is 62.1 Å². The van der Waals surface area contributed by atoms with Gasteiger partial charge in [0.2, 0.25) is 0 Å². The minimum atomic E-state index is -2.20. The Bertz CT molecular complexity index is 1620. The third-order valence-corrected chi connectivity index (χ3v) is 7.68. The van der Waals surface area contributed by atoms with Gasteiger partial charge in [0, 0.05) is 41.5 Å². The Kier molecular flexibility index (Phi) is 8.73. The van der Waals surface area contributed by atoms with Crippen molar-refractivity contribution in [1.29, 1.82) is 5.26 Å². The monoisotopic (exact) mass is 576 g/mol. The fourth-order valence-electron chi connectivity index (χ4n) is 5.09. The Labute approximate surface area is 242 Å². The van der Waals surface area contributed by atoms with Crippen LogP contribution in [0.2, 0.25) is 5.02 Å². The molecule has 0 aliphatic heterocycles. The van der Waals surface area contributed by atoms with Crippen LogP contribution in [0.5, 0.6) is 0 Å². The maximum Gasteiger partial charge on any atom is 0.174 e. The molecule has 2 atom stereocenters. The first-order valence-corrected chi connectivity index (χ1v) is 13.2. The standard InChI is InChI=1S/C31H30ClFN4O4/c1-4-30(40,28-16-36(2)19-35-28)25-12-23(18-39)29(27(33)13-25)31(41,24-7-9-26(32)10-8-24)37(3)15-21-6-5-20(14-34)11-22(21)17-38/h5-13,16,18-19,38,40-41H,4,15,17H2,1-3H3. The van der Waals surface area contributed by atoms with Gasteiger partial charge in [-0.1, -0.05) is 36.7 Å². The van der Waals surface area contributed by atoms with Crippen LogP contribution in [0.4, 0.5) is 4.39 Å². The second kappa shape index (κ2) is 11.9. The summed E-state index contributed by atoms with van der Waals surface area (Å²) in [5.41, 5.74) is -2.35. The number of carbonyl (C=O) groups is 1. The van der Waals surface area contributed by atoms with Crippen molar-refractivity contribution in [3.05, 3.63) is 123 Å². The average molecular weight is 577 g/mol. The van der Waals surface area contributed by atoms with Crippen molar-refractivity contribution in [2.75, 3.05) is 7.05 Å². The predicted octanol–water partition coefficient (Wildman–Crippen LogP) is 4.36. The lowest BCUT2D eigenvalue weighted by atomic mass is 9.82. The summed E-state index contributed by atoms with van der Waals surface area (Å²) < 4.78 is 18.0. The van der Waals surface area contributed by atoms with Gasteiger partial charge >= 0.3 is 0 Å². The number of aromatic nitrogens is 2. The summed E-state index contributed by atoms with van der Waals surface area (Å²) in [7, 11) is 3.29. The Morgan fingerprint density at radius 1 is 1.12 bits per heavy atom. The lowest BCUT2D eigenvalue weighted by molar-refractivity contribution is -0.0739. The molecule has 1 heterocycles. The van der Waals surface area contributed by atoms with Crippen LogP contribution >= 0.6 is 11.6 Å². The summed E-state index contributed by atoms with van der Waals surface area (Å²) in [6, 6.07) is 15.4. The fraction of sp³-hybridized carbons (Fsp3) is 0.258. The second-order valence-electron chi connectivity index (χ2n) is 9.97. The summed E-state index contributed by atoms with van der Waals surface area (Å²) >= 11 is 6.11. The number of hydrogen-bond acceptors (Lipinski definition) is 7. The Balaban J connectivity index is 1.91. The van der Waals surface area contributed by atoms with E-state index in [9.17, 15) is 25.4 Å². The molecular weight excluding hydrogens is 547 g/mol. The lowest BCUT2D eigenvalue weighted by Crippen LogP contribution is -2.46. The van der Waals surface area contributed by atoms with Gasteiger partial charge in [-0.15, -0.1) is 0 Å². The fourth-order valence-corrected chi connectivity index (χ4v) is 5.22. The smallest absolute Gasteiger partial charge is 0.174 e. The van der Waals surface area contributed by atoms with Crippen LogP contribution in [-0.4, -0.2) is 43.1 Å². The molecular formula is C31H30ClFN4O4. The molecule has 3 N–H and O–H groups in total. The molecule has 2 unspecified atom stereocenters. The number of halogens is 2. The van der Waals surface area contributed by atoms with Gasteiger partial charge in [-0.25, -0.2) is 9.37 Å². The highest BCUT2D eigenvalue weighted by Gasteiger charge is 2.42. The highest BCUT2D eigenvalue weighted by molar-refractivity contribution is 6.30. The number of benzene rings is 3. The summed E-state index contributed by atoms with van der Waals surface area (Å²) in [4.78, 5) is 18.2. The van der Waals surface area contributed by atoms with E-state index >= 15 is 4.39 Å². The van der Waals surface area contributed by atoms with Gasteiger partial charge in [0.15, 0.2) is 12.0 Å². The van der Waals surface area contributed by atoms with Crippen molar-refractivity contribution in [2.45, 2.75) is 37.8 Å². The zero-order valence-corrected chi connectivity index (χ0v) is 23.6. The van der Waals surface area contributed by atoms with E-state index in [1.807, 2.05) is 6.07 Å². The predicted molar refractivity (Wildman–Crippen MR) is 151 cm³/mol. The van der Waals surface area contributed by atoms with Gasteiger partial charge in [-0.2, -0.15) is 5.26 Å². The van der Waals surface area contributed by atoms with Gasteiger partial charge in [-0.05, 0) is 66.6 Å². The molecule has 4 aromatic rings. The van der Waals surface area contributed by atoms with Crippen molar-refractivity contribution in [1.82, 2.24) is 14.5 Å². The van der Waals surface area contributed by atoms with Crippen LogP contribution in [0.15, 0.2) is 67.1 Å². The highest BCUT2D eigenvalue weighted by atomic mass is 35.5. The van der Waals surface area contributed by atoms with Crippen molar-refractivity contribution in [3.8, 4) is 6.07 Å². The minimum Gasteiger partial charge on any atom is -0.392 e. The quantitative estimate of drug-likeness (QED) is 0.189. The molecule has 0 spiro atoms. The first kappa shape index (κ1) is 30.1. The van der Waals surface area contributed by atoms with Crippen LogP contribution in [0, 0.1) is 17.1 Å². The number of hydrogen-bond donors (Lipinski definition) is 3. The molecule has 0 radical (unpaired) electrons. The zero-order chi connectivity index (χ0) is 29.9. The molecule has 1 aromatic heterocycles. The Morgan fingerprint density at radius 3 is 2.39 bits per heavy atom. The van der Waals surface area contributed by atoms with Crippen molar-refractivity contribution >= 4 is 17.9 Å². The summed E-state index contributed by atoms with van der Waals surface area (Å²) in [5, 5.41) is 43.5. The van der Waals surface area contributed by atoms with Crippen molar-refractivity contribution < 1.29 is 24.5 Å². The van der Waals surface area contributed by atoms with Crippen LogP contribution in [0.25, 0.3) is 0 Å². The second-order valence-corrected chi connectivity index (χ2v) is 10.4. The number of imidazole rings is 1. The number of nitrogens with zero attached hydrogens (tertiary/aromatic N) is 4. The van der Waals surface area contributed by atoms with E-state index in [2.05, 4.69) is 4.98 Å². The lowest BCUT2D eigenvalue weighted by Gasteiger charge is -2.40. The number of aliphatic hydroxyl groups is 3. The molecule has 3 aromatic carbocycles. The van der Waals surface area contributed by atoms with Gasteiger partial charge in [0.25, 0.3) is 0 Å². The maximum absolute atomic E-state index is 16.3. The minimum absolute atomic E-state index is 0.00699. The molecule has 41 heavy (non-hydrogen) atoms. The largest absolute Gasteiger partial charge is 0.392 e. The molecule has 212 valence electrons. The third-order valence-electron chi connectivity index (χ3n) is 7.43. The third kappa shape index (κ3) is 5.53. The molecule has 0 aliphatic carbocycles. The average Bonchev–Trinajstić information content (AvgIpc) is 3.43. The van der Waals surface area contributed by atoms with Crippen LogP contribution in [0.3, 0.4) is 0 Å². The maximum atomic E-state index is 16.3. The van der Waals surface area contributed by atoms with Crippen molar-refractivity contribution in [2.24, 2.45) is 7.05 Å². The highest BCUT2D eigenvalue weighted by Crippen LogP contribution is 2.41. The van der Waals surface area contributed by atoms with E-state index in [4.69, 9.17) is 11.6 Å². The van der Waals surface area contributed by atoms with E-state index in [-0.39, 0.29) is 47.5 Å². The van der Waals surface area contributed by atoms with Crippen LogP contribution in [-0.2, 0) is 31.5 Å². The molecule has 0 saturated carbocycles. The number of rotatable bonds is 10. The van der Waals surface area contributed by atoms with Crippen LogP contribution < -0.4 is 0 Å². The molecule has 10 heteroatoms. The number of aryl methyl sites for hydroxylation is 1. The van der Waals surface area contributed by atoms with E-state index in [1.165, 1.54) is 29.4 Å². The van der Waals surface area contributed by atoms with E-state index in [0.29, 0.717) is 28.0 Å². The van der Waals surface area contributed by atoms with Crippen molar-refractivity contribution in [3.63, 3.8) is 0 Å². The Morgan fingerprint density at radius 2 is 1.83 bits per heavy atom. The van der Waals surface area contributed by atoms with Gasteiger partial charge in [-0.3, -0.25) is 9.69 Å². The number of nitriles is 1. The first-order valence-electron chi connectivity index (χ1n) is 12.8. The molecule has 0 saturated heterocycles. The summed E-state index contributed by atoms with van der Waals surface area (Å²) in [6.45, 7) is 1.37. The molecule has 0 aliphatic rings. The molecule has 0 amide bonds. The normalized spacial score (nSPS) is 14.3. The van der Waals surface area contributed by atoms with Gasteiger partial charge in [0.05, 0.1) is 30.3 Å². The first-order chi connectivity index (χ1) is 19.5. The number of carbonyl (C=O) groups excluding carboxylic acids is 1. The van der Waals surface area contributed by atoms with E-state index < -0.39 is 17.1 Å². The zero-order valence-electron chi connectivity index (χ0n) is 22.8. The molecule has 0 bridgehead atoms. The van der Waals surface area contributed by atoms with Gasteiger partial charge < -0.3 is 19.9 Å². The van der Waals surface area contributed by atoms with Crippen LogP contribution in [0.1, 0.15) is 62.8 Å². The van der Waals surface area contributed by atoms with Gasteiger partial charge in [0.1, 0.15) is 11.4 Å². The number of aliphatic hydroxyl groups excluding tert-OH is 1. The Hall–Kier alpha value is -3.91. The molecule has 4 rings (SSSR count). The van der Waals surface area contributed by atoms with E-state index in [0.717, 1.165) is 6.07 Å². The number of aldehydes is 1.